The number of halogens is 3. The first kappa shape index (κ1) is 16.5. The molecule has 1 aliphatic rings. The number of likely N-dealkylation sites (N-methyl/N-ethyl adjacent to an activating group) is 1. The molecule has 0 spiro atoms. The zero-order valence-electron chi connectivity index (χ0n) is 10.0. The van der Waals surface area contributed by atoms with Gasteiger partial charge in [0.05, 0.1) is 6.54 Å². The summed E-state index contributed by atoms with van der Waals surface area (Å²) in [6.45, 7) is 0.793. The van der Waals surface area contributed by atoms with Gasteiger partial charge in [-0.3, -0.25) is 4.79 Å². The Morgan fingerprint density at radius 1 is 1.47 bits per heavy atom. The van der Waals surface area contributed by atoms with Crippen molar-refractivity contribution < 1.29 is 18.3 Å². The van der Waals surface area contributed by atoms with Crippen LogP contribution in [0.4, 0.5) is 8.78 Å². The van der Waals surface area contributed by atoms with E-state index < -0.39 is 18.6 Å². The smallest absolute Gasteiger partial charge is 0.255 e. The summed E-state index contributed by atoms with van der Waals surface area (Å²) in [5, 5.41) is 3.11. The molecule has 1 rings (SSSR count). The second-order valence-electron chi connectivity index (χ2n) is 4.03. The van der Waals surface area contributed by atoms with Gasteiger partial charge in [0.2, 0.25) is 0 Å². The van der Waals surface area contributed by atoms with E-state index in [1.165, 1.54) is 14.2 Å². The second-order valence-corrected chi connectivity index (χ2v) is 4.03. The van der Waals surface area contributed by atoms with Gasteiger partial charge in [0.1, 0.15) is 5.60 Å². The van der Waals surface area contributed by atoms with E-state index in [1.54, 1.807) is 0 Å². The monoisotopic (exact) mass is 272 g/mol. The van der Waals surface area contributed by atoms with Gasteiger partial charge in [-0.05, 0) is 25.9 Å². The Kier molecular flexibility index (Phi) is 6.89. The molecule has 0 aromatic rings. The molecule has 0 aromatic heterocycles. The average Bonchev–Trinajstić information content (AvgIpc) is 2.28. The van der Waals surface area contributed by atoms with Crippen LogP contribution in [-0.4, -0.2) is 56.6 Å². The third-order valence-electron chi connectivity index (χ3n) is 2.95. The fraction of sp³-hybridized carbons (Fsp3) is 0.900. The molecular formula is C10H19ClF2N2O2. The highest BCUT2D eigenvalue weighted by atomic mass is 35.5. The van der Waals surface area contributed by atoms with Crippen LogP contribution in [0.25, 0.3) is 0 Å². The number of carbonyl (C=O) groups excluding carboxylic acids is 1. The molecule has 0 unspecified atom stereocenters. The van der Waals surface area contributed by atoms with Gasteiger partial charge < -0.3 is 15.0 Å². The minimum atomic E-state index is -2.51. The van der Waals surface area contributed by atoms with Crippen molar-refractivity contribution in [1.82, 2.24) is 10.2 Å². The third kappa shape index (κ3) is 4.04. The van der Waals surface area contributed by atoms with Gasteiger partial charge >= 0.3 is 0 Å². The summed E-state index contributed by atoms with van der Waals surface area (Å²) in [5.74, 6) is -0.350. The average molecular weight is 273 g/mol. The zero-order valence-corrected chi connectivity index (χ0v) is 10.9. The Hall–Kier alpha value is -0.460. The molecule has 1 N–H and O–H groups in total. The summed E-state index contributed by atoms with van der Waals surface area (Å²) in [6, 6.07) is 0. The van der Waals surface area contributed by atoms with Crippen LogP contribution < -0.4 is 5.32 Å². The van der Waals surface area contributed by atoms with Gasteiger partial charge in [-0.1, -0.05) is 0 Å². The summed E-state index contributed by atoms with van der Waals surface area (Å²) in [4.78, 5) is 13.1. The molecule has 0 aliphatic carbocycles. The molecule has 1 heterocycles. The molecule has 0 aromatic carbocycles. The molecule has 4 nitrogen and oxygen atoms in total. The standard InChI is InChI=1S/C10H18F2N2O2.ClH/c1-14(7-8(11)12)9(15)10(16-2)3-5-13-6-4-10;/h8,13H,3-7H2,1-2H3;1H. The van der Waals surface area contributed by atoms with E-state index in [0.717, 1.165) is 4.90 Å². The van der Waals surface area contributed by atoms with Crippen LogP contribution >= 0.6 is 12.4 Å². The first-order valence-corrected chi connectivity index (χ1v) is 5.31. The van der Waals surface area contributed by atoms with E-state index in [-0.39, 0.29) is 18.3 Å². The quantitative estimate of drug-likeness (QED) is 0.827. The SMILES string of the molecule is COC1(C(=O)N(C)CC(F)F)CCNCC1.Cl. The van der Waals surface area contributed by atoms with Gasteiger partial charge in [0.25, 0.3) is 12.3 Å². The van der Waals surface area contributed by atoms with E-state index in [1.807, 2.05) is 0 Å². The maximum atomic E-state index is 12.2. The molecule has 0 bridgehead atoms. The maximum absolute atomic E-state index is 12.2. The van der Waals surface area contributed by atoms with Gasteiger partial charge in [0.15, 0.2) is 0 Å². The van der Waals surface area contributed by atoms with Gasteiger partial charge in [-0.25, -0.2) is 8.78 Å². The molecule has 1 amide bonds. The molecule has 102 valence electrons. The predicted molar refractivity (Wildman–Crippen MR) is 62.7 cm³/mol. The number of hydrogen-bond donors (Lipinski definition) is 1. The van der Waals surface area contributed by atoms with Crippen LogP contribution in [0.15, 0.2) is 0 Å². The van der Waals surface area contributed by atoms with E-state index >= 15 is 0 Å². The number of alkyl halides is 2. The van der Waals surface area contributed by atoms with Crippen molar-refractivity contribution in [1.29, 1.82) is 0 Å². The van der Waals surface area contributed by atoms with Crippen LogP contribution in [0.2, 0.25) is 0 Å². The van der Waals surface area contributed by atoms with Crippen molar-refractivity contribution in [3.8, 4) is 0 Å². The highest BCUT2D eigenvalue weighted by molar-refractivity contribution is 5.85. The number of methoxy groups -OCH3 is 1. The topological polar surface area (TPSA) is 41.6 Å². The Morgan fingerprint density at radius 3 is 2.41 bits per heavy atom. The van der Waals surface area contributed by atoms with Crippen LogP contribution in [0, 0.1) is 0 Å². The van der Waals surface area contributed by atoms with Gasteiger partial charge in [0, 0.05) is 14.2 Å². The lowest BCUT2D eigenvalue weighted by Gasteiger charge is -2.37. The lowest BCUT2D eigenvalue weighted by Crippen LogP contribution is -2.55. The number of piperidine rings is 1. The summed E-state index contributed by atoms with van der Waals surface area (Å²) in [6.07, 6.45) is -1.46. The number of ether oxygens (including phenoxy) is 1. The number of rotatable bonds is 4. The van der Waals surface area contributed by atoms with Crippen molar-refractivity contribution in [2.75, 3.05) is 33.8 Å². The van der Waals surface area contributed by atoms with E-state index in [4.69, 9.17) is 4.74 Å². The Morgan fingerprint density at radius 2 is 2.00 bits per heavy atom. The first-order chi connectivity index (χ1) is 7.52. The number of carbonyl (C=O) groups is 1. The molecule has 1 fully saturated rings. The Balaban J connectivity index is 0.00000256. The highest BCUT2D eigenvalue weighted by Crippen LogP contribution is 2.24. The van der Waals surface area contributed by atoms with Crippen LogP contribution in [0.1, 0.15) is 12.8 Å². The van der Waals surface area contributed by atoms with E-state index in [2.05, 4.69) is 5.32 Å². The van der Waals surface area contributed by atoms with Crippen LogP contribution in [0.5, 0.6) is 0 Å². The fourth-order valence-electron chi connectivity index (χ4n) is 1.97. The highest BCUT2D eigenvalue weighted by Gasteiger charge is 2.41. The number of hydrogen-bond acceptors (Lipinski definition) is 3. The van der Waals surface area contributed by atoms with Crippen LogP contribution in [0.3, 0.4) is 0 Å². The maximum Gasteiger partial charge on any atom is 0.255 e. The van der Waals surface area contributed by atoms with Crippen molar-refractivity contribution in [2.24, 2.45) is 0 Å². The Labute approximate surface area is 106 Å². The number of nitrogens with zero attached hydrogens (tertiary/aromatic N) is 1. The van der Waals surface area contributed by atoms with Crippen molar-refractivity contribution >= 4 is 18.3 Å². The zero-order chi connectivity index (χ0) is 12.2. The fourth-order valence-corrected chi connectivity index (χ4v) is 1.97. The normalized spacial score (nSPS) is 18.6. The second kappa shape index (κ2) is 7.08. The van der Waals surface area contributed by atoms with Crippen molar-refractivity contribution in [3.05, 3.63) is 0 Å². The first-order valence-electron chi connectivity index (χ1n) is 5.31. The summed E-state index contributed by atoms with van der Waals surface area (Å²) >= 11 is 0. The lowest BCUT2D eigenvalue weighted by molar-refractivity contribution is -0.158. The minimum Gasteiger partial charge on any atom is -0.368 e. The molecule has 1 saturated heterocycles. The molecule has 0 saturated carbocycles. The van der Waals surface area contributed by atoms with Crippen molar-refractivity contribution in [3.63, 3.8) is 0 Å². The predicted octanol–water partition coefficient (Wildman–Crippen LogP) is 0.900. The third-order valence-corrected chi connectivity index (χ3v) is 2.95. The summed E-state index contributed by atoms with van der Waals surface area (Å²) in [7, 11) is 2.84. The van der Waals surface area contributed by atoms with Gasteiger partial charge in [-0.15, -0.1) is 12.4 Å². The Bertz CT molecular complexity index is 248. The van der Waals surface area contributed by atoms with Crippen molar-refractivity contribution in [2.45, 2.75) is 24.9 Å². The lowest BCUT2D eigenvalue weighted by atomic mass is 9.90. The molecule has 0 atom stereocenters. The molecule has 17 heavy (non-hydrogen) atoms. The number of amides is 1. The van der Waals surface area contributed by atoms with Crippen LogP contribution in [-0.2, 0) is 9.53 Å². The number of nitrogens with one attached hydrogen (secondary N) is 1. The van der Waals surface area contributed by atoms with E-state index in [0.29, 0.717) is 25.9 Å². The summed E-state index contributed by atoms with van der Waals surface area (Å²) < 4.78 is 29.7. The van der Waals surface area contributed by atoms with E-state index in [9.17, 15) is 13.6 Å². The van der Waals surface area contributed by atoms with Gasteiger partial charge in [-0.2, -0.15) is 0 Å². The minimum absolute atomic E-state index is 0. The molecule has 7 heteroatoms. The molecule has 0 radical (unpaired) electrons. The largest absolute Gasteiger partial charge is 0.368 e. The molecule has 1 aliphatic heterocycles. The summed E-state index contributed by atoms with van der Waals surface area (Å²) in [5.41, 5.74) is -0.922. The molecular weight excluding hydrogens is 254 g/mol.